The zero-order chi connectivity index (χ0) is 26.1. The van der Waals surface area contributed by atoms with Crippen LogP contribution in [0.2, 0.25) is 0 Å². The Morgan fingerprint density at radius 1 is 0.806 bits per heavy atom. The molecular weight excluding hydrogens is 458 g/mol. The minimum absolute atomic E-state index is 0.0944. The van der Waals surface area contributed by atoms with E-state index in [9.17, 15) is 9.59 Å². The van der Waals surface area contributed by atoms with Crippen molar-refractivity contribution in [3.63, 3.8) is 0 Å². The molecule has 3 rings (SSSR count). The molecule has 0 spiro atoms. The van der Waals surface area contributed by atoms with Gasteiger partial charge in [0.25, 0.3) is 0 Å². The molecule has 0 aliphatic carbocycles. The van der Waals surface area contributed by atoms with Crippen LogP contribution in [0.1, 0.15) is 44.7 Å². The van der Waals surface area contributed by atoms with Gasteiger partial charge in [0.2, 0.25) is 5.91 Å². The van der Waals surface area contributed by atoms with Gasteiger partial charge in [-0.2, -0.15) is 0 Å². The second kappa shape index (κ2) is 12.8. The van der Waals surface area contributed by atoms with E-state index in [1.807, 2.05) is 50.2 Å². The molecule has 1 fully saturated rings. The van der Waals surface area contributed by atoms with Gasteiger partial charge in [0.05, 0.1) is 27.4 Å². The van der Waals surface area contributed by atoms with Gasteiger partial charge in [-0.05, 0) is 60.4 Å². The summed E-state index contributed by atoms with van der Waals surface area (Å²) in [5, 5.41) is 0. The van der Waals surface area contributed by atoms with E-state index < -0.39 is 0 Å². The highest BCUT2D eigenvalue weighted by atomic mass is 16.5. The molecule has 0 bridgehead atoms. The predicted molar refractivity (Wildman–Crippen MR) is 141 cm³/mol. The molecular formula is C29H35NO6. The number of nitrogens with zero attached hydrogens (tertiary/aromatic N) is 1. The lowest BCUT2D eigenvalue weighted by molar-refractivity contribution is -0.129. The van der Waals surface area contributed by atoms with Crippen molar-refractivity contribution >= 4 is 23.8 Å². The standard InChI is InChI=1S/C29H35NO6/c1-6-12-35-25-10-8-21(16-27(25)33-4)14-23-18-30(20(3)31)19-24(29(23)32)15-22-9-11-26(36-13-7-2)28(17-22)34-5/h8-11,14-17H,6-7,12-13,18-19H2,1-5H3/b23-14+,24-15+. The molecule has 7 nitrogen and oxygen atoms in total. The van der Waals surface area contributed by atoms with Crippen molar-refractivity contribution in [2.24, 2.45) is 0 Å². The van der Waals surface area contributed by atoms with Crippen molar-refractivity contribution in [2.75, 3.05) is 40.5 Å². The van der Waals surface area contributed by atoms with Gasteiger partial charge in [-0.3, -0.25) is 9.59 Å². The Kier molecular flexibility index (Phi) is 9.56. The van der Waals surface area contributed by atoms with E-state index in [0.717, 1.165) is 24.0 Å². The van der Waals surface area contributed by atoms with Gasteiger partial charge in [-0.1, -0.05) is 26.0 Å². The van der Waals surface area contributed by atoms with Crippen LogP contribution in [0.25, 0.3) is 12.2 Å². The molecule has 1 heterocycles. The summed E-state index contributed by atoms with van der Waals surface area (Å²) >= 11 is 0. The number of carbonyl (C=O) groups excluding carboxylic acids is 2. The van der Waals surface area contributed by atoms with Crippen molar-refractivity contribution in [1.82, 2.24) is 4.90 Å². The summed E-state index contributed by atoms with van der Waals surface area (Å²) in [5.74, 6) is 2.31. The zero-order valence-electron chi connectivity index (χ0n) is 21.8. The van der Waals surface area contributed by atoms with E-state index in [1.165, 1.54) is 6.92 Å². The van der Waals surface area contributed by atoms with Crippen molar-refractivity contribution in [3.05, 3.63) is 58.7 Å². The van der Waals surface area contributed by atoms with Crippen molar-refractivity contribution in [3.8, 4) is 23.0 Å². The monoisotopic (exact) mass is 493 g/mol. The fourth-order valence-electron chi connectivity index (χ4n) is 3.87. The average molecular weight is 494 g/mol. The van der Waals surface area contributed by atoms with E-state index in [1.54, 1.807) is 31.3 Å². The molecule has 0 aromatic heterocycles. The highest BCUT2D eigenvalue weighted by Gasteiger charge is 2.27. The Hall–Kier alpha value is -3.74. The van der Waals surface area contributed by atoms with Crippen LogP contribution in [0, 0.1) is 0 Å². The first-order chi connectivity index (χ1) is 17.4. The number of rotatable bonds is 10. The van der Waals surface area contributed by atoms with Gasteiger partial charge in [0, 0.05) is 31.2 Å². The second-order valence-electron chi connectivity index (χ2n) is 8.56. The average Bonchev–Trinajstić information content (AvgIpc) is 2.88. The highest BCUT2D eigenvalue weighted by Crippen LogP contribution is 2.32. The lowest BCUT2D eigenvalue weighted by Gasteiger charge is -2.29. The third-order valence-corrected chi connectivity index (χ3v) is 5.73. The summed E-state index contributed by atoms with van der Waals surface area (Å²) in [7, 11) is 3.17. The summed E-state index contributed by atoms with van der Waals surface area (Å²) < 4.78 is 22.4. The SMILES string of the molecule is CCCOc1ccc(/C=C2\CN(C(C)=O)C/C(=C\c3ccc(OCCC)c(OC)c3)C2=O)cc1OC. The summed E-state index contributed by atoms with van der Waals surface area (Å²) in [5.41, 5.74) is 2.65. The van der Waals surface area contributed by atoms with Gasteiger partial charge in [0.15, 0.2) is 28.8 Å². The normalized spacial score (nSPS) is 15.8. The minimum atomic E-state index is -0.0962. The van der Waals surface area contributed by atoms with Crippen LogP contribution in [-0.2, 0) is 9.59 Å². The first-order valence-electron chi connectivity index (χ1n) is 12.2. The Labute approximate surface area is 213 Å². The maximum atomic E-state index is 13.4. The number of hydrogen-bond acceptors (Lipinski definition) is 6. The fourth-order valence-corrected chi connectivity index (χ4v) is 3.87. The zero-order valence-corrected chi connectivity index (χ0v) is 21.8. The first kappa shape index (κ1) is 26.9. The van der Waals surface area contributed by atoms with E-state index in [0.29, 0.717) is 47.4 Å². The molecule has 1 saturated heterocycles. The number of benzene rings is 2. The maximum Gasteiger partial charge on any atom is 0.220 e. The molecule has 0 N–H and O–H groups in total. The van der Waals surface area contributed by atoms with Gasteiger partial charge >= 0.3 is 0 Å². The number of piperidine rings is 1. The number of hydrogen-bond donors (Lipinski definition) is 0. The molecule has 0 saturated carbocycles. The van der Waals surface area contributed by atoms with Gasteiger partial charge in [-0.15, -0.1) is 0 Å². The van der Waals surface area contributed by atoms with Crippen molar-refractivity contribution in [2.45, 2.75) is 33.6 Å². The van der Waals surface area contributed by atoms with Crippen LogP contribution >= 0.6 is 0 Å². The smallest absolute Gasteiger partial charge is 0.220 e. The number of ketones is 1. The van der Waals surface area contributed by atoms with Crippen LogP contribution in [0.3, 0.4) is 0 Å². The van der Waals surface area contributed by atoms with Crippen LogP contribution in [0.15, 0.2) is 47.5 Å². The molecule has 0 atom stereocenters. The lowest BCUT2D eigenvalue weighted by Crippen LogP contribution is -2.40. The van der Waals surface area contributed by atoms with Crippen LogP contribution < -0.4 is 18.9 Å². The van der Waals surface area contributed by atoms with E-state index in [4.69, 9.17) is 18.9 Å². The summed E-state index contributed by atoms with van der Waals surface area (Å²) in [6, 6.07) is 11.1. The summed E-state index contributed by atoms with van der Waals surface area (Å²) in [6.07, 6.45) is 5.39. The Bertz CT molecular complexity index is 1070. The summed E-state index contributed by atoms with van der Waals surface area (Å²) in [4.78, 5) is 27.4. The number of ether oxygens (including phenoxy) is 4. The Morgan fingerprint density at radius 3 is 1.61 bits per heavy atom. The van der Waals surface area contributed by atoms with Crippen molar-refractivity contribution in [1.29, 1.82) is 0 Å². The molecule has 1 aliphatic rings. The van der Waals surface area contributed by atoms with Crippen LogP contribution in [0.5, 0.6) is 23.0 Å². The molecule has 2 aromatic rings. The third-order valence-electron chi connectivity index (χ3n) is 5.73. The second-order valence-corrected chi connectivity index (χ2v) is 8.56. The molecule has 2 aromatic carbocycles. The minimum Gasteiger partial charge on any atom is -0.493 e. The number of methoxy groups -OCH3 is 2. The maximum absolute atomic E-state index is 13.4. The van der Waals surface area contributed by atoms with E-state index >= 15 is 0 Å². The van der Waals surface area contributed by atoms with Gasteiger partial charge in [-0.25, -0.2) is 0 Å². The highest BCUT2D eigenvalue weighted by molar-refractivity contribution is 6.15. The number of Topliss-reactive ketones (excluding diaryl/α,β-unsaturated/α-hetero) is 1. The third kappa shape index (κ3) is 6.68. The van der Waals surface area contributed by atoms with Crippen molar-refractivity contribution < 1.29 is 28.5 Å². The Morgan fingerprint density at radius 2 is 1.25 bits per heavy atom. The fraction of sp³-hybridized carbons (Fsp3) is 0.379. The summed E-state index contributed by atoms with van der Waals surface area (Å²) in [6.45, 7) is 7.26. The van der Waals surface area contributed by atoms with E-state index in [-0.39, 0.29) is 24.8 Å². The molecule has 1 aliphatic heterocycles. The number of carbonyl (C=O) groups is 2. The molecule has 36 heavy (non-hydrogen) atoms. The largest absolute Gasteiger partial charge is 0.493 e. The molecule has 7 heteroatoms. The molecule has 1 amide bonds. The quantitative estimate of drug-likeness (QED) is 0.425. The van der Waals surface area contributed by atoms with Gasteiger partial charge < -0.3 is 23.8 Å². The number of likely N-dealkylation sites (tertiary alicyclic amines) is 1. The van der Waals surface area contributed by atoms with E-state index in [2.05, 4.69) is 0 Å². The topological polar surface area (TPSA) is 74.3 Å². The molecule has 0 unspecified atom stereocenters. The molecule has 192 valence electrons. The Balaban J connectivity index is 1.94. The van der Waals surface area contributed by atoms with Gasteiger partial charge in [0.1, 0.15) is 0 Å². The lowest BCUT2D eigenvalue weighted by atomic mass is 9.94. The van der Waals surface area contributed by atoms with Crippen LogP contribution in [0.4, 0.5) is 0 Å². The first-order valence-corrected chi connectivity index (χ1v) is 12.2. The number of amides is 1. The molecule has 0 radical (unpaired) electrons. The van der Waals surface area contributed by atoms with Crippen LogP contribution in [-0.4, -0.2) is 57.1 Å². The predicted octanol–water partition coefficient (Wildman–Crippen LogP) is 5.18.